The molecule has 0 aliphatic carbocycles. The van der Waals surface area contributed by atoms with Crippen LogP contribution in [0.2, 0.25) is 0 Å². The maximum absolute atomic E-state index is 12.1. The van der Waals surface area contributed by atoms with Crippen LogP contribution in [0.3, 0.4) is 0 Å². The molecular formula is C14H13BrN4O2S2. The van der Waals surface area contributed by atoms with E-state index in [0.717, 1.165) is 20.8 Å². The van der Waals surface area contributed by atoms with Crippen LogP contribution in [0, 0.1) is 6.92 Å². The molecule has 9 heteroatoms. The Labute approximate surface area is 149 Å². The summed E-state index contributed by atoms with van der Waals surface area (Å²) in [6.45, 7) is 2.32. The number of nitrogens with one attached hydrogen (secondary N) is 1. The summed E-state index contributed by atoms with van der Waals surface area (Å²) in [6, 6.07) is 2.00. The fraction of sp³-hybridized carbons (Fsp3) is 0.286. The molecule has 0 saturated carbocycles. The molecular weight excluding hydrogens is 400 g/mol. The third-order valence-corrected chi connectivity index (χ3v) is 5.64. The summed E-state index contributed by atoms with van der Waals surface area (Å²) >= 11 is 6.48. The van der Waals surface area contributed by atoms with E-state index in [2.05, 4.69) is 36.4 Å². The van der Waals surface area contributed by atoms with Gasteiger partial charge in [0.25, 0.3) is 5.91 Å². The minimum absolute atomic E-state index is 0.162. The largest absolute Gasteiger partial charge is 0.351 e. The standard InChI is InChI=1S/C14H13BrN4O2S2/c1-8-17-12(21-19-8)3-2-4-16-13(20)10-7-23-14(18-10)11-5-9(15)6-22-11/h5-7H,2-4H2,1H3,(H,16,20). The number of hydrogen-bond donors (Lipinski definition) is 1. The normalized spacial score (nSPS) is 10.9. The molecule has 1 N–H and O–H groups in total. The highest BCUT2D eigenvalue weighted by Crippen LogP contribution is 2.31. The lowest BCUT2D eigenvalue weighted by Crippen LogP contribution is -2.25. The van der Waals surface area contributed by atoms with E-state index in [0.29, 0.717) is 30.4 Å². The van der Waals surface area contributed by atoms with Crippen molar-refractivity contribution in [1.82, 2.24) is 20.4 Å². The highest BCUT2D eigenvalue weighted by Gasteiger charge is 2.13. The maximum atomic E-state index is 12.1. The van der Waals surface area contributed by atoms with Crippen molar-refractivity contribution in [2.24, 2.45) is 0 Å². The summed E-state index contributed by atoms with van der Waals surface area (Å²) in [6.07, 6.45) is 1.38. The minimum atomic E-state index is -0.162. The van der Waals surface area contributed by atoms with Crippen molar-refractivity contribution in [2.45, 2.75) is 19.8 Å². The smallest absolute Gasteiger partial charge is 0.270 e. The fourth-order valence-electron chi connectivity index (χ4n) is 1.89. The van der Waals surface area contributed by atoms with Crippen molar-refractivity contribution in [2.75, 3.05) is 6.54 Å². The van der Waals surface area contributed by atoms with E-state index in [4.69, 9.17) is 4.52 Å². The Bertz CT molecular complexity index is 811. The van der Waals surface area contributed by atoms with Crippen molar-refractivity contribution in [3.8, 4) is 9.88 Å². The van der Waals surface area contributed by atoms with Crippen LogP contribution in [0.5, 0.6) is 0 Å². The van der Waals surface area contributed by atoms with Gasteiger partial charge in [-0.15, -0.1) is 22.7 Å². The zero-order chi connectivity index (χ0) is 16.2. The van der Waals surface area contributed by atoms with Gasteiger partial charge in [0, 0.05) is 28.2 Å². The lowest BCUT2D eigenvalue weighted by atomic mass is 10.3. The molecule has 3 heterocycles. The first-order chi connectivity index (χ1) is 11.1. The second-order valence-electron chi connectivity index (χ2n) is 4.76. The average Bonchev–Trinajstić information content (AvgIpc) is 3.24. The predicted molar refractivity (Wildman–Crippen MR) is 92.8 cm³/mol. The monoisotopic (exact) mass is 412 g/mol. The molecule has 6 nitrogen and oxygen atoms in total. The van der Waals surface area contributed by atoms with Crippen LogP contribution < -0.4 is 5.32 Å². The van der Waals surface area contributed by atoms with Gasteiger partial charge in [-0.05, 0) is 35.3 Å². The Balaban J connectivity index is 1.49. The molecule has 0 aliphatic rings. The zero-order valence-corrected chi connectivity index (χ0v) is 15.4. The van der Waals surface area contributed by atoms with Crippen molar-refractivity contribution in [3.63, 3.8) is 0 Å². The lowest BCUT2D eigenvalue weighted by Gasteiger charge is -2.01. The number of aromatic nitrogens is 3. The molecule has 0 unspecified atom stereocenters. The number of nitrogens with zero attached hydrogens (tertiary/aromatic N) is 3. The Hall–Kier alpha value is -1.58. The number of aryl methyl sites for hydroxylation is 2. The highest BCUT2D eigenvalue weighted by atomic mass is 79.9. The molecule has 120 valence electrons. The molecule has 0 atom stereocenters. The van der Waals surface area contributed by atoms with Crippen LogP contribution >= 0.6 is 38.6 Å². The molecule has 0 aliphatic heterocycles. The van der Waals surface area contributed by atoms with Crippen molar-refractivity contribution < 1.29 is 9.32 Å². The average molecular weight is 413 g/mol. The number of thiophene rings is 1. The van der Waals surface area contributed by atoms with Crippen molar-refractivity contribution in [3.05, 3.63) is 38.7 Å². The molecule has 0 bridgehead atoms. The van der Waals surface area contributed by atoms with Crippen LogP contribution in [0.1, 0.15) is 28.6 Å². The molecule has 3 aromatic rings. The number of halogens is 1. The van der Waals surface area contributed by atoms with Gasteiger partial charge in [0.05, 0.1) is 4.88 Å². The number of thiazole rings is 1. The fourth-order valence-corrected chi connectivity index (χ4v) is 4.20. The Morgan fingerprint density at radius 3 is 2.91 bits per heavy atom. The van der Waals surface area contributed by atoms with Crippen molar-refractivity contribution >= 4 is 44.5 Å². The third-order valence-electron chi connectivity index (χ3n) is 2.94. The SMILES string of the molecule is Cc1noc(CCCNC(=O)c2csc(-c3cc(Br)cs3)n2)n1. The number of rotatable bonds is 6. The van der Waals surface area contributed by atoms with Gasteiger partial charge in [-0.2, -0.15) is 4.98 Å². The van der Waals surface area contributed by atoms with E-state index in [9.17, 15) is 4.79 Å². The Morgan fingerprint density at radius 2 is 2.22 bits per heavy atom. The van der Waals surface area contributed by atoms with Crippen molar-refractivity contribution in [1.29, 1.82) is 0 Å². The van der Waals surface area contributed by atoms with Gasteiger partial charge in [-0.1, -0.05) is 5.16 Å². The molecule has 0 saturated heterocycles. The first-order valence-corrected chi connectivity index (χ1v) is 9.44. The van der Waals surface area contributed by atoms with Crippen LogP contribution in [0.15, 0.2) is 25.8 Å². The summed E-state index contributed by atoms with van der Waals surface area (Å²) in [4.78, 5) is 21.6. The van der Waals surface area contributed by atoms with Gasteiger partial charge < -0.3 is 9.84 Å². The summed E-state index contributed by atoms with van der Waals surface area (Å²) in [5.41, 5.74) is 0.447. The molecule has 0 fully saturated rings. The van der Waals surface area contributed by atoms with E-state index in [1.807, 2.05) is 11.4 Å². The molecule has 0 aromatic carbocycles. The first kappa shape index (κ1) is 16.3. The second kappa shape index (κ2) is 7.33. The molecule has 3 aromatic heterocycles. The van der Waals surface area contributed by atoms with Gasteiger partial charge >= 0.3 is 0 Å². The van der Waals surface area contributed by atoms with Gasteiger partial charge in [0.15, 0.2) is 5.82 Å². The van der Waals surface area contributed by atoms with E-state index in [1.165, 1.54) is 11.3 Å². The molecule has 1 amide bonds. The van der Waals surface area contributed by atoms with E-state index in [-0.39, 0.29) is 5.91 Å². The lowest BCUT2D eigenvalue weighted by molar-refractivity contribution is 0.0948. The maximum Gasteiger partial charge on any atom is 0.270 e. The van der Waals surface area contributed by atoms with E-state index in [1.54, 1.807) is 23.6 Å². The Morgan fingerprint density at radius 1 is 1.35 bits per heavy atom. The predicted octanol–water partition coefficient (Wildman–Crippen LogP) is 3.69. The van der Waals surface area contributed by atoms with E-state index >= 15 is 0 Å². The third kappa shape index (κ3) is 4.24. The quantitative estimate of drug-likeness (QED) is 0.624. The molecule has 3 rings (SSSR count). The highest BCUT2D eigenvalue weighted by molar-refractivity contribution is 9.10. The number of carbonyl (C=O) groups is 1. The van der Waals surface area contributed by atoms with E-state index < -0.39 is 0 Å². The van der Waals surface area contributed by atoms with Crippen LogP contribution in [0.25, 0.3) is 9.88 Å². The van der Waals surface area contributed by atoms with Crippen LogP contribution in [0.4, 0.5) is 0 Å². The number of hydrogen-bond acceptors (Lipinski definition) is 7. The summed E-state index contributed by atoms with van der Waals surface area (Å²) in [5, 5.41) is 11.2. The zero-order valence-electron chi connectivity index (χ0n) is 12.2. The second-order valence-corrected chi connectivity index (χ2v) is 7.45. The number of amides is 1. The molecule has 0 radical (unpaired) electrons. The van der Waals surface area contributed by atoms with Gasteiger partial charge in [-0.3, -0.25) is 4.79 Å². The topological polar surface area (TPSA) is 80.9 Å². The van der Waals surface area contributed by atoms with Crippen LogP contribution in [-0.4, -0.2) is 27.6 Å². The Kier molecular flexibility index (Phi) is 5.19. The van der Waals surface area contributed by atoms with Gasteiger partial charge in [0.2, 0.25) is 5.89 Å². The minimum Gasteiger partial charge on any atom is -0.351 e. The summed E-state index contributed by atoms with van der Waals surface area (Å²) < 4.78 is 6.05. The molecule has 0 spiro atoms. The first-order valence-electron chi connectivity index (χ1n) is 6.89. The van der Waals surface area contributed by atoms with Gasteiger partial charge in [-0.25, -0.2) is 4.98 Å². The van der Waals surface area contributed by atoms with Gasteiger partial charge in [0.1, 0.15) is 10.7 Å². The van der Waals surface area contributed by atoms with Crippen LogP contribution in [-0.2, 0) is 6.42 Å². The summed E-state index contributed by atoms with van der Waals surface area (Å²) in [5.74, 6) is 1.06. The summed E-state index contributed by atoms with van der Waals surface area (Å²) in [7, 11) is 0. The number of carbonyl (C=O) groups excluding carboxylic acids is 1. The molecule has 23 heavy (non-hydrogen) atoms.